The number of esters is 3. The van der Waals surface area contributed by atoms with E-state index in [1.807, 2.05) is 0 Å². The van der Waals surface area contributed by atoms with E-state index in [0.717, 1.165) is 76.0 Å². The number of rotatable bonds is 43. The maximum absolute atomic E-state index is 12.7. The second kappa shape index (κ2) is 42.0. The molecule has 0 heterocycles. The maximum atomic E-state index is 12.7. The predicted molar refractivity (Wildman–Crippen MR) is 233 cm³/mol. The molecule has 0 rings (SSSR count). The number of carbonyl (C=O) groups excluding carboxylic acids is 3. The van der Waals surface area contributed by atoms with Gasteiger partial charge in [-0.25, -0.2) is 0 Å². The van der Waals surface area contributed by atoms with E-state index in [2.05, 4.69) is 34.6 Å². The van der Waals surface area contributed by atoms with Gasteiger partial charge in [-0.05, 0) is 31.1 Å². The van der Waals surface area contributed by atoms with Crippen molar-refractivity contribution >= 4 is 17.9 Å². The lowest BCUT2D eigenvalue weighted by atomic mass is 9.99. The largest absolute Gasteiger partial charge is 0.462 e. The van der Waals surface area contributed by atoms with Crippen molar-refractivity contribution in [3.05, 3.63) is 0 Å². The number of hydrogen-bond donors (Lipinski definition) is 0. The van der Waals surface area contributed by atoms with E-state index in [0.29, 0.717) is 19.3 Å². The Bertz CT molecular complexity index is 841. The van der Waals surface area contributed by atoms with E-state index in [1.54, 1.807) is 0 Å². The molecular formula is C49H94O6. The molecular weight excluding hydrogens is 685 g/mol. The van der Waals surface area contributed by atoms with Crippen LogP contribution < -0.4 is 0 Å². The van der Waals surface area contributed by atoms with Crippen molar-refractivity contribution in [3.8, 4) is 0 Å². The summed E-state index contributed by atoms with van der Waals surface area (Å²) in [5.41, 5.74) is 0. The molecule has 0 saturated carbocycles. The van der Waals surface area contributed by atoms with Gasteiger partial charge < -0.3 is 14.2 Å². The van der Waals surface area contributed by atoms with Gasteiger partial charge in [0.2, 0.25) is 0 Å². The summed E-state index contributed by atoms with van der Waals surface area (Å²) in [6.07, 6.45) is 41.1. The highest BCUT2D eigenvalue weighted by Gasteiger charge is 2.19. The van der Waals surface area contributed by atoms with Crippen molar-refractivity contribution in [1.82, 2.24) is 0 Å². The molecule has 0 fully saturated rings. The van der Waals surface area contributed by atoms with Gasteiger partial charge >= 0.3 is 17.9 Å². The monoisotopic (exact) mass is 779 g/mol. The van der Waals surface area contributed by atoms with Crippen LogP contribution in [0.3, 0.4) is 0 Å². The second-order valence-electron chi connectivity index (χ2n) is 17.5. The molecule has 0 aromatic rings. The third kappa shape index (κ3) is 41.9. The van der Waals surface area contributed by atoms with Crippen LogP contribution in [0.2, 0.25) is 0 Å². The molecule has 0 aromatic heterocycles. The van der Waals surface area contributed by atoms with Crippen molar-refractivity contribution in [1.29, 1.82) is 0 Å². The first kappa shape index (κ1) is 53.4. The summed E-state index contributed by atoms with van der Waals surface area (Å²) in [4.78, 5) is 37.6. The molecule has 0 aliphatic rings. The van der Waals surface area contributed by atoms with Crippen LogP contribution in [0.15, 0.2) is 0 Å². The lowest BCUT2D eigenvalue weighted by Crippen LogP contribution is -2.30. The van der Waals surface area contributed by atoms with E-state index in [9.17, 15) is 14.4 Å². The minimum atomic E-state index is -0.759. The molecule has 0 aliphatic heterocycles. The van der Waals surface area contributed by atoms with Gasteiger partial charge in [0.05, 0.1) is 0 Å². The van der Waals surface area contributed by atoms with Gasteiger partial charge in [0, 0.05) is 19.3 Å². The quantitative estimate of drug-likeness (QED) is 0.0348. The van der Waals surface area contributed by atoms with Gasteiger partial charge in [-0.3, -0.25) is 14.4 Å². The number of carbonyl (C=O) groups is 3. The highest BCUT2D eigenvalue weighted by Crippen LogP contribution is 2.17. The summed E-state index contributed by atoms with van der Waals surface area (Å²) < 4.78 is 16.6. The van der Waals surface area contributed by atoms with Crippen molar-refractivity contribution in [3.63, 3.8) is 0 Å². The summed E-state index contributed by atoms with van der Waals surface area (Å²) in [5.74, 6) is 0.854. The molecule has 0 saturated heterocycles. The van der Waals surface area contributed by atoms with E-state index in [-0.39, 0.29) is 31.1 Å². The fraction of sp³-hybridized carbons (Fsp3) is 0.939. The first-order valence-electron chi connectivity index (χ1n) is 24.3. The summed E-state index contributed by atoms with van der Waals surface area (Å²) in [7, 11) is 0. The molecule has 326 valence electrons. The summed E-state index contributed by atoms with van der Waals surface area (Å²) in [6.45, 7) is 11.3. The lowest BCUT2D eigenvalue weighted by Gasteiger charge is -2.18. The average molecular weight is 779 g/mol. The molecule has 6 heteroatoms. The average Bonchev–Trinajstić information content (AvgIpc) is 3.17. The van der Waals surface area contributed by atoms with Crippen LogP contribution in [0.25, 0.3) is 0 Å². The third-order valence-electron chi connectivity index (χ3n) is 11.3. The minimum absolute atomic E-state index is 0.0652. The van der Waals surface area contributed by atoms with Gasteiger partial charge in [0.15, 0.2) is 6.10 Å². The van der Waals surface area contributed by atoms with Gasteiger partial charge in [-0.15, -0.1) is 0 Å². The molecule has 0 radical (unpaired) electrons. The molecule has 0 amide bonds. The SMILES string of the molecule is CCCCCCCC(=O)OC[C@@H](COC(=O)CCCCCCCCCCCCCCCCC(C)CC)OC(=O)CCCCCCCCCCCCCC(C)C. The number of ether oxygens (including phenoxy) is 3. The molecule has 0 bridgehead atoms. The molecule has 0 aromatic carbocycles. The molecule has 2 atom stereocenters. The highest BCUT2D eigenvalue weighted by molar-refractivity contribution is 5.71. The van der Waals surface area contributed by atoms with E-state index >= 15 is 0 Å². The van der Waals surface area contributed by atoms with Crippen molar-refractivity contribution in [2.75, 3.05) is 13.2 Å². The zero-order valence-electron chi connectivity index (χ0n) is 37.6. The first-order chi connectivity index (χ1) is 26.8. The molecule has 6 nitrogen and oxygen atoms in total. The van der Waals surface area contributed by atoms with E-state index in [4.69, 9.17) is 14.2 Å². The fourth-order valence-corrected chi connectivity index (χ4v) is 7.25. The van der Waals surface area contributed by atoms with Crippen LogP contribution >= 0.6 is 0 Å². The van der Waals surface area contributed by atoms with Crippen LogP contribution in [0.1, 0.15) is 266 Å². The van der Waals surface area contributed by atoms with E-state index < -0.39 is 6.10 Å². The zero-order valence-corrected chi connectivity index (χ0v) is 37.6. The molecule has 0 spiro atoms. The normalized spacial score (nSPS) is 12.5. The fourth-order valence-electron chi connectivity index (χ4n) is 7.25. The summed E-state index contributed by atoms with van der Waals surface area (Å²) in [6, 6.07) is 0. The maximum Gasteiger partial charge on any atom is 0.306 e. The highest BCUT2D eigenvalue weighted by atomic mass is 16.6. The van der Waals surface area contributed by atoms with Crippen LogP contribution in [0.5, 0.6) is 0 Å². The lowest BCUT2D eigenvalue weighted by molar-refractivity contribution is -0.167. The standard InChI is InChI=1S/C49H94O6/c1-6-8-9-27-34-39-47(50)53-42-46(55-49(52)41-36-31-26-22-18-14-15-19-23-28-32-37-44(3)4)43-54-48(51)40-35-30-25-21-17-13-11-10-12-16-20-24-29-33-38-45(5)7-2/h44-46H,6-43H2,1-5H3/t45?,46-/m0/s1. The first-order valence-corrected chi connectivity index (χ1v) is 24.3. The Hall–Kier alpha value is -1.59. The van der Waals surface area contributed by atoms with Gasteiger partial charge in [-0.1, -0.05) is 227 Å². The number of unbranched alkanes of at least 4 members (excludes halogenated alkanes) is 27. The molecule has 0 aliphatic carbocycles. The smallest absolute Gasteiger partial charge is 0.306 e. The Balaban J connectivity index is 4.13. The van der Waals surface area contributed by atoms with Crippen LogP contribution in [-0.4, -0.2) is 37.2 Å². The van der Waals surface area contributed by atoms with Crippen molar-refractivity contribution < 1.29 is 28.6 Å². The Morgan fingerprint density at radius 2 is 0.691 bits per heavy atom. The van der Waals surface area contributed by atoms with Gasteiger partial charge in [0.1, 0.15) is 13.2 Å². The Kier molecular flexibility index (Phi) is 40.8. The topological polar surface area (TPSA) is 78.9 Å². The molecule has 1 unspecified atom stereocenters. The predicted octanol–water partition coefficient (Wildman–Crippen LogP) is 15.4. The Morgan fingerprint density at radius 1 is 0.382 bits per heavy atom. The third-order valence-corrected chi connectivity index (χ3v) is 11.3. The van der Waals surface area contributed by atoms with E-state index in [1.165, 1.54) is 148 Å². The molecule has 0 N–H and O–H groups in total. The minimum Gasteiger partial charge on any atom is -0.462 e. The zero-order chi connectivity index (χ0) is 40.5. The molecule has 55 heavy (non-hydrogen) atoms. The van der Waals surface area contributed by atoms with Crippen molar-refractivity contribution in [2.45, 2.75) is 272 Å². The Morgan fingerprint density at radius 3 is 1.04 bits per heavy atom. The Labute approximate surface area is 342 Å². The number of hydrogen-bond acceptors (Lipinski definition) is 6. The van der Waals surface area contributed by atoms with Crippen LogP contribution in [0, 0.1) is 11.8 Å². The van der Waals surface area contributed by atoms with Gasteiger partial charge in [0.25, 0.3) is 0 Å². The van der Waals surface area contributed by atoms with Crippen LogP contribution in [0.4, 0.5) is 0 Å². The summed E-state index contributed by atoms with van der Waals surface area (Å²) in [5, 5.41) is 0. The summed E-state index contributed by atoms with van der Waals surface area (Å²) >= 11 is 0. The van der Waals surface area contributed by atoms with Crippen LogP contribution in [-0.2, 0) is 28.6 Å². The van der Waals surface area contributed by atoms with Crippen molar-refractivity contribution in [2.24, 2.45) is 11.8 Å². The van der Waals surface area contributed by atoms with Gasteiger partial charge in [-0.2, -0.15) is 0 Å². The second-order valence-corrected chi connectivity index (χ2v) is 17.5.